The summed E-state index contributed by atoms with van der Waals surface area (Å²) in [6.45, 7) is 4.61. The van der Waals surface area contributed by atoms with E-state index in [9.17, 15) is 9.59 Å². The topological polar surface area (TPSA) is 93.0 Å². The maximum absolute atomic E-state index is 12.8. The summed E-state index contributed by atoms with van der Waals surface area (Å²) >= 11 is 0. The highest BCUT2D eigenvalue weighted by atomic mass is 16.2. The van der Waals surface area contributed by atoms with Gasteiger partial charge in [0.2, 0.25) is 5.91 Å². The largest absolute Gasteiger partial charge is 0.354 e. The van der Waals surface area contributed by atoms with Gasteiger partial charge in [-0.3, -0.25) is 14.3 Å². The van der Waals surface area contributed by atoms with Crippen molar-refractivity contribution < 1.29 is 9.59 Å². The average Bonchev–Trinajstić information content (AvgIpc) is 3.23. The van der Waals surface area contributed by atoms with Crippen molar-refractivity contribution in [3.8, 4) is 0 Å². The number of aromatic nitrogens is 4. The van der Waals surface area contributed by atoms with Gasteiger partial charge in [0.1, 0.15) is 12.2 Å². The van der Waals surface area contributed by atoms with Crippen LogP contribution in [0.2, 0.25) is 0 Å². The van der Waals surface area contributed by atoms with Crippen LogP contribution in [0.25, 0.3) is 0 Å². The summed E-state index contributed by atoms with van der Waals surface area (Å²) in [5.74, 6) is 0.218. The van der Waals surface area contributed by atoms with Gasteiger partial charge in [0.05, 0.1) is 5.54 Å². The Morgan fingerprint density at radius 1 is 1.36 bits per heavy atom. The van der Waals surface area contributed by atoms with Gasteiger partial charge < -0.3 is 10.2 Å². The van der Waals surface area contributed by atoms with E-state index in [1.165, 1.54) is 0 Å². The molecule has 2 aromatic rings. The van der Waals surface area contributed by atoms with Crippen molar-refractivity contribution >= 4 is 11.8 Å². The lowest BCUT2D eigenvalue weighted by Gasteiger charge is -2.34. The maximum Gasteiger partial charge on any atom is 0.269 e. The number of hydrogen-bond acceptors (Lipinski definition) is 5. The van der Waals surface area contributed by atoms with Crippen LogP contribution in [0.1, 0.15) is 41.8 Å². The fraction of sp³-hybridized carbons (Fsp3) is 0.471. The summed E-state index contributed by atoms with van der Waals surface area (Å²) < 4.78 is 1.61. The van der Waals surface area contributed by atoms with Crippen molar-refractivity contribution in [2.45, 2.75) is 38.8 Å². The summed E-state index contributed by atoms with van der Waals surface area (Å²) in [6.07, 6.45) is 5.04. The molecule has 0 radical (unpaired) electrons. The molecule has 2 amide bonds. The van der Waals surface area contributed by atoms with Crippen LogP contribution in [0.4, 0.5) is 0 Å². The smallest absolute Gasteiger partial charge is 0.269 e. The van der Waals surface area contributed by atoms with Crippen LogP contribution in [0.5, 0.6) is 0 Å². The van der Waals surface area contributed by atoms with Gasteiger partial charge >= 0.3 is 0 Å². The van der Waals surface area contributed by atoms with E-state index in [4.69, 9.17) is 0 Å². The summed E-state index contributed by atoms with van der Waals surface area (Å²) in [5.41, 5.74) is 0.396. The van der Waals surface area contributed by atoms with E-state index in [-0.39, 0.29) is 18.4 Å². The number of carbonyl (C=O) groups excluding carboxylic acids is 2. The summed E-state index contributed by atoms with van der Waals surface area (Å²) in [7, 11) is 1.57. The molecule has 3 heterocycles. The molecule has 132 valence electrons. The minimum Gasteiger partial charge on any atom is -0.354 e. The molecule has 0 aromatic carbocycles. The van der Waals surface area contributed by atoms with Crippen molar-refractivity contribution in [1.82, 2.24) is 30.0 Å². The van der Waals surface area contributed by atoms with Crippen molar-refractivity contribution in [3.05, 3.63) is 41.7 Å². The van der Waals surface area contributed by atoms with E-state index < -0.39 is 5.54 Å². The first-order chi connectivity index (χ1) is 11.9. The molecule has 1 unspecified atom stereocenters. The SMILES string of the molecule is CNC(=O)c1cc(C)nc(C2(C)CCCN2C(=O)Cn2cccn2)n1. The number of amides is 2. The molecule has 1 aliphatic heterocycles. The van der Waals surface area contributed by atoms with Gasteiger partial charge in [-0.05, 0) is 38.8 Å². The van der Waals surface area contributed by atoms with Gasteiger partial charge in [-0.1, -0.05) is 0 Å². The number of nitrogens with one attached hydrogen (secondary N) is 1. The molecule has 3 rings (SSSR count). The predicted octanol–water partition coefficient (Wildman–Crippen LogP) is 0.879. The first kappa shape index (κ1) is 17.1. The summed E-state index contributed by atoms with van der Waals surface area (Å²) in [4.78, 5) is 35.5. The Hall–Kier alpha value is -2.77. The lowest BCUT2D eigenvalue weighted by molar-refractivity contribution is -0.136. The molecule has 25 heavy (non-hydrogen) atoms. The molecule has 0 saturated carbocycles. The lowest BCUT2D eigenvalue weighted by Crippen LogP contribution is -2.45. The number of rotatable bonds is 4. The third kappa shape index (κ3) is 3.24. The monoisotopic (exact) mass is 342 g/mol. The molecular formula is C17H22N6O2. The molecule has 1 fully saturated rings. The van der Waals surface area contributed by atoms with E-state index >= 15 is 0 Å². The van der Waals surface area contributed by atoms with Gasteiger partial charge in [-0.25, -0.2) is 9.97 Å². The van der Waals surface area contributed by atoms with Crippen LogP contribution < -0.4 is 5.32 Å². The summed E-state index contributed by atoms with van der Waals surface area (Å²) in [5, 5.41) is 6.68. The first-order valence-electron chi connectivity index (χ1n) is 8.30. The molecule has 1 aliphatic rings. The van der Waals surface area contributed by atoms with Crippen molar-refractivity contribution in [2.75, 3.05) is 13.6 Å². The van der Waals surface area contributed by atoms with E-state index in [1.54, 1.807) is 41.2 Å². The summed E-state index contributed by atoms with van der Waals surface area (Å²) in [6, 6.07) is 3.44. The molecule has 1 saturated heterocycles. The van der Waals surface area contributed by atoms with Crippen LogP contribution in [0.3, 0.4) is 0 Å². The Labute approximate surface area is 146 Å². The highest BCUT2D eigenvalue weighted by molar-refractivity contribution is 5.92. The third-order valence-corrected chi connectivity index (χ3v) is 4.59. The normalized spacial score (nSPS) is 19.9. The van der Waals surface area contributed by atoms with Crippen molar-refractivity contribution in [1.29, 1.82) is 0 Å². The highest BCUT2D eigenvalue weighted by Crippen LogP contribution is 2.37. The molecule has 0 bridgehead atoms. The zero-order valence-electron chi connectivity index (χ0n) is 14.7. The highest BCUT2D eigenvalue weighted by Gasteiger charge is 2.43. The van der Waals surface area contributed by atoms with Crippen molar-refractivity contribution in [3.63, 3.8) is 0 Å². The Balaban J connectivity index is 1.92. The van der Waals surface area contributed by atoms with E-state index in [1.807, 2.05) is 13.8 Å². The van der Waals surface area contributed by atoms with Gasteiger partial charge in [-0.15, -0.1) is 0 Å². The standard InChI is InChI=1S/C17H22N6O2/c1-12-10-13(15(25)18-3)21-16(20-12)17(2)6-4-9-23(17)14(24)11-22-8-5-7-19-22/h5,7-8,10H,4,6,9,11H2,1-3H3,(H,18,25). The minimum absolute atomic E-state index is 0.0321. The second-order valence-corrected chi connectivity index (χ2v) is 6.42. The lowest BCUT2D eigenvalue weighted by atomic mass is 9.97. The predicted molar refractivity (Wildman–Crippen MR) is 90.7 cm³/mol. The second kappa shape index (κ2) is 6.62. The van der Waals surface area contributed by atoms with Gasteiger partial charge in [0.15, 0.2) is 5.82 Å². The molecule has 8 nitrogen and oxygen atoms in total. The van der Waals surface area contributed by atoms with Crippen LogP contribution >= 0.6 is 0 Å². The Morgan fingerprint density at radius 2 is 2.16 bits per heavy atom. The number of hydrogen-bond donors (Lipinski definition) is 1. The van der Waals surface area contributed by atoms with E-state index in [0.29, 0.717) is 23.8 Å². The molecular weight excluding hydrogens is 320 g/mol. The molecule has 8 heteroatoms. The Kier molecular flexibility index (Phi) is 4.52. The Bertz CT molecular complexity index is 788. The maximum atomic E-state index is 12.8. The zero-order valence-corrected chi connectivity index (χ0v) is 14.7. The van der Waals surface area contributed by atoms with E-state index in [2.05, 4.69) is 20.4 Å². The van der Waals surface area contributed by atoms with Gasteiger partial charge in [0.25, 0.3) is 5.91 Å². The second-order valence-electron chi connectivity index (χ2n) is 6.42. The van der Waals surface area contributed by atoms with Crippen molar-refractivity contribution in [2.24, 2.45) is 0 Å². The number of aryl methyl sites for hydroxylation is 1. The third-order valence-electron chi connectivity index (χ3n) is 4.59. The quantitative estimate of drug-likeness (QED) is 0.890. The molecule has 0 spiro atoms. The molecule has 2 aromatic heterocycles. The van der Waals surface area contributed by atoms with Gasteiger partial charge in [-0.2, -0.15) is 5.10 Å². The zero-order chi connectivity index (χ0) is 18.0. The molecule has 0 aliphatic carbocycles. The van der Waals surface area contributed by atoms with Crippen LogP contribution in [-0.2, 0) is 16.9 Å². The Morgan fingerprint density at radius 3 is 2.84 bits per heavy atom. The van der Waals surface area contributed by atoms with Crippen LogP contribution in [0, 0.1) is 6.92 Å². The fourth-order valence-corrected chi connectivity index (χ4v) is 3.27. The number of nitrogens with zero attached hydrogens (tertiary/aromatic N) is 5. The first-order valence-corrected chi connectivity index (χ1v) is 8.30. The molecule has 1 N–H and O–H groups in total. The minimum atomic E-state index is -0.626. The fourth-order valence-electron chi connectivity index (χ4n) is 3.27. The number of carbonyl (C=O) groups is 2. The number of likely N-dealkylation sites (tertiary alicyclic amines) is 1. The average molecular weight is 342 g/mol. The van der Waals surface area contributed by atoms with E-state index in [0.717, 1.165) is 12.8 Å². The van der Waals surface area contributed by atoms with Gasteiger partial charge in [0, 0.05) is 31.7 Å². The van der Waals surface area contributed by atoms with Crippen LogP contribution in [0.15, 0.2) is 24.5 Å². The molecule has 1 atom stereocenters. The van der Waals surface area contributed by atoms with Crippen LogP contribution in [-0.4, -0.2) is 50.1 Å².